The maximum absolute atomic E-state index is 11.2. The van der Waals surface area contributed by atoms with Crippen LogP contribution in [0.3, 0.4) is 0 Å². The molecule has 0 aromatic carbocycles. The van der Waals surface area contributed by atoms with Crippen LogP contribution in [0.2, 0.25) is 5.15 Å². The Hall–Kier alpha value is 1.07. The smallest absolute Gasteiger partial charge is 0 e. The van der Waals surface area contributed by atoms with Crippen molar-refractivity contribution in [2.45, 2.75) is 37.0 Å². The van der Waals surface area contributed by atoms with Gasteiger partial charge in [-0.1, -0.05) is 35.1 Å². The Morgan fingerprint density at radius 3 is 1.65 bits per heavy atom. The van der Waals surface area contributed by atoms with E-state index >= 15 is 0 Å². The van der Waals surface area contributed by atoms with Crippen molar-refractivity contribution in [3.63, 3.8) is 0 Å². The van der Waals surface area contributed by atoms with Crippen molar-refractivity contribution >= 4 is 140 Å². The van der Waals surface area contributed by atoms with Crippen LogP contribution in [0, 0.1) is 20.2 Å². The van der Waals surface area contributed by atoms with Gasteiger partial charge in [-0.25, -0.2) is 14.6 Å². The van der Waals surface area contributed by atoms with Crippen LogP contribution in [-0.2, 0) is 51.3 Å². The zero-order valence-corrected chi connectivity index (χ0v) is 41.1. The van der Waals surface area contributed by atoms with Crippen molar-refractivity contribution in [1.29, 1.82) is 0 Å². The van der Waals surface area contributed by atoms with Crippen molar-refractivity contribution < 1.29 is 84.0 Å². The van der Waals surface area contributed by atoms with Gasteiger partial charge in [0.15, 0.2) is 10.3 Å². The normalized spacial score (nSPS) is 11.2. The van der Waals surface area contributed by atoms with Gasteiger partial charge >= 0.3 is 101 Å². The number of carbonyl (C=O) groups is 2. The van der Waals surface area contributed by atoms with Gasteiger partial charge < -0.3 is 19.9 Å². The van der Waals surface area contributed by atoms with Crippen molar-refractivity contribution in [2.75, 3.05) is 55.3 Å². The second-order valence-corrected chi connectivity index (χ2v) is 74.1. The number of ether oxygens (including phenoxy) is 3. The van der Waals surface area contributed by atoms with E-state index < -0.39 is 33.4 Å². The van der Waals surface area contributed by atoms with Gasteiger partial charge in [0.1, 0.15) is 0 Å². The molecule has 1 aliphatic rings. The fraction of sp³-hybridized carbons (Fsp3) is 0.500. The molecule has 3 rings (SSSR count). The number of hydrogen-bond acceptors (Lipinski definition) is 16. The summed E-state index contributed by atoms with van der Waals surface area (Å²) in [5.74, 6) is -0.885. The summed E-state index contributed by atoms with van der Waals surface area (Å²) >= 11 is 16.3. The molecule has 2 aromatic rings. The Morgan fingerprint density at radius 2 is 1.33 bits per heavy atom. The molecule has 0 saturated carbocycles. The molecular formula is C20H28ClI5N9O9S2V2-. The predicted molar refractivity (Wildman–Crippen MR) is 208 cm³/mol. The standard InChI is InChI=1S/C8H9ClN4O4S.C8H11N5O4S.C4H8O.I5.2V/c2*1-3-17-8(14)12-6-4(13(15)16)5(9)10-7(11-6)18-2;1-2-4-5-3-1;1-4-5(2)3;;/h3H2,1-2H3,(H,10,11,12,14);3H2,1-2H3,(H3,9,10,11,12,14);1-4H2;;;/q;;;-1;;. The molecule has 0 atom stereocenters. The van der Waals surface area contributed by atoms with Crippen LogP contribution in [-0.4, -0.2) is 80.9 Å². The molecule has 18 nitrogen and oxygen atoms in total. The van der Waals surface area contributed by atoms with Gasteiger partial charge in [-0.3, -0.25) is 30.9 Å². The largest absolute Gasteiger partial charge is 0 e. The van der Waals surface area contributed by atoms with E-state index in [4.69, 9.17) is 22.1 Å². The van der Waals surface area contributed by atoms with E-state index in [1.54, 1.807) is 26.4 Å². The number of hydrogen-bond donors (Lipinski definition) is 3. The van der Waals surface area contributed by atoms with Gasteiger partial charge in [0, 0.05) is 50.3 Å². The van der Waals surface area contributed by atoms with Crippen LogP contribution < -0.4 is 29.6 Å². The van der Waals surface area contributed by atoms with Crippen LogP contribution in [0.5, 0.6) is 0 Å². The Kier molecular flexibility index (Phi) is 35.1. The molecule has 3 heterocycles. The fourth-order valence-corrected chi connectivity index (χ4v) is 3.62. The van der Waals surface area contributed by atoms with Gasteiger partial charge in [-0.2, -0.15) is 15.0 Å². The number of rotatable bonds is 9. The average molecular weight is 1370 g/mol. The zero-order valence-electron chi connectivity index (χ0n) is 25.2. The van der Waals surface area contributed by atoms with Crippen LogP contribution in [0.15, 0.2) is 10.3 Å². The van der Waals surface area contributed by atoms with E-state index in [1.807, 2.05) is 0 Å². The number of nitrogens with zero attached hydrogens (tertiary/aromatic N) is 6. The molecule has 2 amide bonds. The molecule has 28 heteroatoms. The Balaban J connectivity index is -0.000000634. The number of nitrogens with two attached hydrogens (primary N) is 1. The number of aromatic nitrogens is 4. The third kappa shape index (κ3) is 22.9. The minimum atomic E-state index is -0.845. The van der Waals surface area contributed by atoms with Crippen molar-refractivity contribution in [3.05, 3.63) is 25.4 Å². The number of nitro groups is 2. The van der Waals surface area contributed by atoms with Crippen LogP contribution in [0.1, 0.15) is 26.7 Å². The summed E-state index contributed by atoms with van der Waals surface area (Å²) in [5, 5.41) is 26.0. The summed E-state index contributed by atoms with van der Waals surface area (Å²) in [6, 6.07) is 0. The summed E-state index contributed by atoms with van der Waals surface area (Å²) in [4.78, 5) is 57.6. The number of thioether (sulfide) groups is 2. The Morgan fingerprint density at radius 1 is 0.938 bits per heavy atom. The molecular weight excluding hydrogens is 1350 g/mol. The molecule has 2 aromatic heterocycles. The van der Waals surface area contributed by atoms with Crippen molar-refractivity contribution in [3.8, 4) is 0 Å². The number of carbonyl (C=O) groups excluding carboxylic acids is 2. The summed E-state index contributed by atoms with van der Waals surface area (Å²) in [7, 11) is -0.245. The second kappa shape index (κ2) is 31.6. The number of amides is 2. The van der Waals surface area contributed by atoms with E-state index in [0.717, 1.165) is 36.7 Å². The molecule has 0 bridgehead atoms. The minimum Gasteiger partial charge on any atom is 0 e. The number of nitrogen functional groups attached to an aromatic ring is 1. The van der Waals surface area contributed by atoms with E-state index in [1.165, 1.54) is 12.8 Å². The molecule has 2 radical (unpaired) electrons. The van der Waals surface area contributed by atoms with Gasteiger partial charge in [0.05, 0.1) is 23.1 Å². The maximum atomic E-state index is 11.2. The zero-order chi connectivity index (χ0) is 35.2. The number of anilines is 3. The van der Waals surface area contributed by atoms with E-state index in [9.17, 15) is 29.8 Å². The van der Waals surface area contributed by atoms with E-state index in [0.29, 0.717) is 13.3 Å². The van der Waals surface area contributed by atoms with Gasteiger partial charge in [-0.05, 0) is 39.2 Å². The van der Waals surface area contributed by atoms with Crippen LogP contribution in [0.4, 0.5) is 38.4 Å². The Labute approximate surface area is 356 Å². The average Bonchev–Trinajstić information content (AvgIpc) is 3.57. The quantitative estimate of drug-likeness (QED) is 0.0753. The van der Waals surface area contributed by atoms with Crippen molar-refractivity contribution in [2.24, 2.45) is 0 Å². The molecule has 1 aliphatic heterocycles. The molecule has 0 aliphatic carbocycles. The van der Waals surface area contributed by atoms with Crippen molar-refractivity contribution in [1.82, 2.24) is 19.9 Å². The topological polar surface area (TPSA) is 250 Å². The van der Waals surface area contributed by atoms with Gasteiger partial charge in [0.2, 0.25) is 22.6 Å². The predicted octanol–water partition coefficient (Wildman–Crippen LogP) is 4.92. The third-order valence-electron chi connectivity index (χ3n) is 4.30. The molecule has 1 saturated heterocycles. The number of halogens is 6. The van der Waals surface area contributed by atoms with Gasteiger partial charge in [0.25, 0.3) is 0 Å². The summed E-state index contributed by atoms with van der Waals surface area (Å²) < 4.78 is 14.2. The molecule has 1 fully saturated rings. The number of nitrogens with one attached hydrogen (secondary N) is 2. The first-order valence-electron chi connectivity index (χ1n) is 12.1. The molecule has 0 unspecified atom stereocenters. The second-order valence-electron chi connectivity index (χ2n) is 7.23. The van der Waals surface area contributed by atoms with E-state index in [2.05, 4.69) is 95.9 Å². The first kappa shape index (κ1) is 53.4. The SMILES string of the molecule is C1CCOC1.CCOC(=O)Nc1nc(SC)nc(Cl)c1[N+](=O)[O-].CCOC(=O)Nc1nc(SC)nc(N)c1[N+](=O)[O-].I[I-]I(I)I.[V].[V]. The molecule has 48 heavy (non-hydrogen) atoms. The monoisotopic (exact) mass is 1370 g/mol. The van der Waals surface area contributed by atoms with Gasteiger partial charge in [-0.15, -0.1) is 0 Å². The summed E-state index contributed by atoms with van der Waals surface area (Å²) in [6.45, 7) is 5.48. The van der Waals surface area contributed by atoms with E-state index in [-0.39, 0.29) is 91.1 Å². The maximum Gasteiger partial charge on any atom is 0 e. The van der Waals surface area contributed by atoms with Crippen LogP contribution >= 0.6 is 98.9 Å². The minimum absolute atomic E-state index is 0. The fourth-order valence-electron chi connectivity index (χ4n) is 2.60. The molecule has 0 spiro atoms. The Bertz CT molecular complexity index is 1220. The van der Waals surface area contributed by atoms with Crippen LogP contribution in [0.25, 0.3) is 0 Å². The molecule has 272 valence electrons. The third-order valence-corrected chi connectivity index (χ3v) is 88.3. The summed E-state index contributed by atoms with van der Waals surface area (Å²) in [6.07, 6.45) is 4.22. The summed E-state index contributed by atoms with van der Waals surface area (Å²) in [5.41, 5.74) is 4.33. The first-order valence-corrected chi connectivity index (χ1v) is 40.1. The molecule has 4 N–H and O–H groups in total. The first-order chi connectivity index (χ1) is 21.7.